The van der Waals surface area contributed by atoms with E-state index in [4.69, 9.17) is 16.3 Å². The van der Waals surface area contributed by atoms with Crippen LogP contribution in [0.1, 0.15) is 23.0 Å². The molecule has 146 valence electrons. The Morgan fingerprint density at radius 2 is 1.93 bits per heavy atom. The number of carbonyl (C=O) groups is 1. The van der Waals surface area contributed by atoms with Crippen LogP contribution in [0.5, 0.6) is 11.5 Å². The zero-order valence-corrected chi connectivity index (χ0v) is 16.4. The zero-order valence-electron chi connectivity index (χ0n) is 15.7. The molecule has 28 heavy (non-hydrogen) atoms. The highest BCUT2D eigenvalue weighted by Crippen LogP contribution is 2.35. The highest BCUT2D eigenvalue weighted by molar-refractivity contribution is 6.32. The molecule has 1 aromatic heterocycles. The Kier molecular flexibility index (Phi) is 5.46. The maximum Gasteiger partial charge on any atom is 0.295 e. The van der Waals surface area contributed by atoms with E-state index in [9.17, 15) is 14.7 Å². The third-order valence-electron chi connectivity index (χ3n) is 4.38. The van der Waals surface area contributed by atoms with Crippen LogP contribution >= 0.6 is 11.6 Å². The predicted molar refractivity (Wildman–Crippen MR) is 108 cm³/mol. The molecular formula is C20H20ClN3O4. The summed E-state index contributed by atoms with van der Waals surface area (Å²) in [6.45, 7) is 3.79. The summed E-state index contributed by atoms with van der Waals surface area (Å²) >= 11 is 5.99. The second-order valence-electron chi connectivity index (χ2n) is 6.13. The van der Waals surface area contributed by atoms with Gasteiger partial charge in [0.15, 0.2) is 11.5 Å². The number of aromatic nitrogens is 2. The molecule has 0 bridgehead atoms. The molecule has 0 fully saturated rings. The number of phenols is 1. The first-order valence-electron chi connectivity index (χ1n) is 8.65. The van der Waals surface area contributed by atoms with Gasteiger partial charge in [0.05, 0.1) is 23.0 Å². The lowest BCUT2D eigenvalue weighted by Crippen LogP contribution is -2.23. The zero-order chi connectivity index (χ0) is 20.4. The predicted octanol–water partition coefficient (Wildman–Crippen LogP) is 3.49. The van der Waals surface area contributed by atoms with E-state index >= 15 is 0 Å². The van der Waals surface area contributed by atoms with E-state index in [0.717, 1.165) is 0 Å². The second kappa shape index (κ2) is 7.82. The van der Waals surface area contributed by atoms with Crippen molar-refractivity contribution in [3.05, 3.63) is 69.1 Å². The summed E-state index contributed by atoms with van der Waals surface area (Å²) in [7, 11) is 1.74. The van der Waals surface area contributed by atoms with Crippen LogP contribution in [0.25, 0.3) is 5.69 Å². The van der Waals surface area contributed by atoms with Crippen molar-refractivity contribution in [2.75, 3.05) is 11.9 Å². The third kappa shape index (κ3) is 3.48. The number of hydrogen-bond acceptors (Lipinski definition) is 4. The number of halogens is 1. The number of phenolic OH excluding ortho intramolecular Hbond substituents is 1. The highest BCUT2D eigenvalue weighted by Gasteiger charge is 2.20. The lowest BCUT2D eigenvalue weighted by molar-refractivity contribution is 0.102. The summed E-state index contributed by atoms with van der Waals surface area (Å²) in [5.41, 5.74) is 1.26. The molecular weight excluding hydrogens is 382 g/mol. The molecule has 0 unspecified atom stereocenters. The number of anilines is 1. The van der Waals surface area contributed by atoms with Crippen molar-refractivity contribution in [1.82, 2.24) is 9.36 Å². The summed E-state index contributed by atoms with van der Waals surface area (Å²) < 4.78 is 8.44. The van der Waals surface area contributed by atoms with Crippen molar-refractivity contribution in [3.63, 3.8) is 0 Å². The molecule has 1 amide bonds. The van der Waals surface area contributed by atoms with E-state index in [1.165, 1.54) is 16.8 Å². The fourth-order valence-electron chi connectivity index (χ4n) is 2.87. The molecule has 0 radical (unpaired) electrons. The van der Waals surface area contributed by atoms with Crippen LogP contribution in [0.3, 0.4) is 0 Å². The summed E-state index contributed by atoms with van der Waals surface area (Å²) in [5.74, 6) is -0.664. The lowest BCUT2D eigenvalue weighted by atomic mass is 10.2. The number of rotatable bonds is 5. The lowest BCUT2D eigenvalue weighted by Gasteiger charge is -2.10. The molecule has 1 heterocycles. The molecule has 7 nitrogen and oxygen atoms in total. The van der Waals surface area contributed by atoms with Crippen LogP contribution in [0.2, 0.25) is 5.02 Å². The quantitative estimate of drug-likeness (QED) is 0.685. The fourth-order valence-corrected chi connectivity index (χ4v) is 3.08. The molecule has 3 rings (SSSR count). The van der Waals surface area contributed by atoms with Crippen LogP contribution < -0.4 is 15.6 Å². The van der Waals surface area contributed by atoms with Crippen molar-refractivity contribution >= 4 is 23.2 Å². The summed E-state index contributed by atoms with van der Waals surface area (Å²) in [6, 6.07) is 11.8. The molecule has 2 aromatic carbocycles. The van der Waals surface area contributed by atoms with Crippen molar-refractivity contribution < 1.29 is 14.6 Å². The maximum atomic E-state index is 12.9. The first-order chi connectivity index (χ1) is 13.3. The van der Waals surface area contributed by atoms with Crippen LogP contribution in [0.15, 0.2) is 47.3 Å². The number of nitrogens with zero attached hydrogens (tertiary/aromatic N) is 2. The van der Waals surface area contributed by atoms with E-state index in [1.54, 1.807) is 37.7 Å². The summed E-state index contributed by atoms with van der Waals surface area (Å²) in [6.07, 6.45) is 0. The number of carbonyl (C=O) groups excluding carboxylic acids is 1. The summed E-state index contributed by atoms with van der Waals surface area (Å²) in [4.78, 5) is 25.6. The van der Waals surface area contributed by atoms with Gasteiger partial charge in [-0.15, -0.1) is 0 Å². The molecule has 0 saturated heterocycles. The van der Waals surface area contributed by atoms with Crippen molar-refractivity contribution in [1.29, 1.82) is 0 Å². The molecule has 0 aliphatic carbocycles. The van der Waals surface area contributed by atoms with Crippen molar-refractivity contribution in [2.45, 2.75) is 13.8 Å². The molecule has 0 spiro atoms. The van der Waals surface area contributed by atoms with Gasteiger partial charge in [-0.25, -0.2) is 4.68 Å². The summed E-state index contributed by atoms with van der Waals surface area (Å²) in [5, 5.41) is 12.6. The standard InChI is InChI=1S/C20H20ClN3O4/c1-4-28-16-11-13(10-15(21)18(16)25)19(26)22-17-12(2)23(3)24(20(17)27)14-8-6-5-7-9-14/h5-11,25H,4H2,1-3H3,(H,22,26). The van der Waals surface area contributed by atoms with E-state index < -0.39 is 5.91 Å². The molecule has 0 saturated carbocycles. The SMILES string of the molecule is CCOc1cc(C(=O)Nc2c(C)n(C)n(-c3ccccc3)c2=O)cc(Cl)c1O. The normalized spacial score (nSPS) is 10.7. The third-order valence-corrected chi connectivity index (χ3v) is 4.67. The van der Waals surface area contributed by atoms with Crippen LogP contribution in [-0.2, 0) is 7.05 Å². The topological polar surface area (TPSA) is 85.5 Å². The van der Waals surface area contributed by atoms with Gasteiger partial charge in [0.25, 0.3) is 11.5 Å². The van der Waals surface area contributed by atoms with Crippen molar-refractivity contribution in [2.24, 2.45) is 7.05 Å². The molecule has 0 atom stereocenters. The van der Waals surface area contributed by atoms with Gasteiger partial charge in [0.1, 0.15) is 5.69 Å². The Bertz CT molecular complexity index is 1090. The fraction of sp³-hybridized carbons (Fsp3) is 0.200. The Hall–Kier alpha value is -3.19. The van der Waals surface area contributed by atoms with Crippen molar-refractivity contribution in [3.8, 4) is 17.2 Å². The number of para-hydroxylation sites is 1. The number of aromatic hydroxyl groups is 1. The van der Waals surface area contributed by atoms with E-state index in [0.29, 0.717) is 18.0 Å². The molecule has 3 aromatic rings. The molecule has 0 aliphatic heterocycles. The average molecular weight is 402 g/mol. The van der Waals surface area contributed by atoms with E-state index in [1.807, 2.05) is 18.2 Å². The first kappa shape index (κ1) is 19.6. The minimum Gasteiger partial charge on any atom is -0.503 e. The van der Waals surface area contributed by atoms with Gasteiger partial charge in [-0.05, 0) is 38.1 Å². The number of ether oxygens (including phenoxy) is 1. The molecule has 8 heteroatoms. The average Bonchev–Trinajstić information content (AvgIpc) is 2.89. The Morgan fingerprint density at radius 3 is 2.57 bits per heavy atom. The van der Waals surface area contributed by atoms with Gasteiger partial charge in [0.2, 0.25) is 0 Å². The number of amides is 1. The number of nitrogens with one attached hydrogen (secondary N) is 1. The number of benzene rings is 2. The number of hydrogen-bond donors (Lipinski definition) is 2. The largest absolute Gasteiger partial charge is 0.503 e. The van der Waals surface area contributed by atoms with Gasteiger partial charge in [-0.2, -0.15) is 0 Å². The van der Waals surface area contributed by atoms with Gasteiger partial charge < -0.3 is 15.2 Å². The van der Waals surface area contributed by atoms with Gasteiger partial charge in [-0.3, -0.25) is 14.3 Å². The highest BCUT2D eigenvalue weighted by atomic mass is 35.5. The van der Waals surface area contributed by atoms with Crippen LogP contribution in [-0.4, -0.2) is 27.0 Å². The minimum atomic E-state index is -0.533. The van der Waals surface area contributed by atoms with Crippen LogP contribution in [0, 0.1) is 6.92 Å². The second-order valence-corrected chi connectivity index (χ2v) is 6.54. The van der Waals surface area contributed by atoms with E-state index in [2.05, 4.69) is 5.32 Å². The smallest absolute Gasteiger partial charge is 0.295 e. The first-order valence-corrected chi connectivity index (χ1v) is 9.03. The van der Waals surface area contributed by atoms with Crippen LogP contribution in [0.4, 0.5) is 5.69 Å². The van der Waals surface area contributed by atoms with Gasteiger partial charge >= 0.3 is 0 Å². The Labute approximate surface area is 166 Å². The van der Waals surface area contributed by atoms with Gasteiger partial charge in [0, 0.05) is 12.6 Å². The minimum absolute atomic E-state index is 0.0115. The molecule has 0 aliphatic rings. The van der Waals surface area contributed by atoms with Gasteiger partial charge in [-0.1, -0.05) is 29.8 Å². The van der Waals surface area contributed by atoms with E-state index in [-0.39, 0.29) is 33.3 Å². The Balaban J connectivity index is 1.99. The maximum absolute atomic E-state index is 12.9. The Morgan fingerprint density at radius 1 is 1.25 bits per heavy atom. The molecule has 2 N–H and O–H groups in total. The monoisotopic (exact) mass is 401 g/mol.